The Kier molecular flexibility index (Phi) is 6.10. The molecule has 8 heteroatoms. The number of carbonyl (C=O) groups excluding carboxylic acids is 1. The van der Waals surface area contributed by atoms with Gasteiger partial charge >= 0.3 is 5.97 Å². The molecule has 7 nitrogen and oxygen atoms in total. The van der Waals surface area contributed by atoms with Gasteiger partial charge in [-0.05, 0) is 18.6 Å². The van der Waals surface area contributed by atoms with E-state index in [0.29, 0.717) is 39.1 Å². The fourth-order valence-corrected chi connectivity index (χ4v) is 3.60. The molecule has 3 heterocycles. The number of pyridine rings is 1. The molecule has 28 heavy (non-hydrogen) atoms. The van der Waals surface area contributed by atoms with E-state index < -0.39 is 11.9 Å². The third kappa shape index (κ3) is 3.91. The van der Waals surface area contributed by atoms with Crippen molar-refractivity contribution in [2.75, 3.05) is 17.7 Å². The summed E-state index contributed by atoms with van der Waals surface area (Å²) in [6.07, 6.45) is 6.49. The fourth-order valence-electron chi connectivity index (χ4n) is 3.00. The Labute approximate surface area is 166 Å². The molecule has 1 atom stereocenters. The summed E-state index contributed by atoms with van der Waals surface area (Å²) in [5.41, 5.74) is 1.66. The largest absolute Gasteiger partial charge is 0.458 e. The van der Waals surface area contributed by atoms with Crippen LogP contribution in [0.5, 0.6) is 0 Å². The Morgan fingerprint density at radius 1 is 1.39 bits per heavy atom. The molecular formula is C20H20N4O3S. The summed E-state index contributed by atoms with van der Waals surface area (Å²) in [5.74, 6) is -0.130. The molecule has 0 unspecified atom stereocenters. The number of H-pyrrole nitrogens is 1. The van der Waals surface area contributed by atoms with Crippen LogP contribution in [0.4, 0.5) is 5.82 Å². The van der Waals surface area contributed by atoms with Crippen molar-refractivity contribution >= 4 is 23.5 Å². The highest BCUT2D eigenvalue weighted by molar-refractivity contribution is 7.99. The van der Waals surface area contributed by atoms with E-state index in [1.807, 2.05) is 6.07 Å². The van der Waals surface area contributed by atoms with E-state index in [4.69, 9.17) is 4.74 Å². The lowest BCUT2D eigenvalue weighted by Gasteiger charge is -2.28. The lowest BCUT2D eigenvalue weighted by Crippen LogP contribution is -2.31. The third-order valence-electron chi connectivity index (χ3n) is 4.13. The first-order valence-electron chi connectivity index (χ1n) is 8.60. The van der Waals surface area contributed by atoms with Gasteiger partial charge in [0.05, 0.1) is 17.1 Å². The van der Waals surface area contributed by atoms with E-state index in [-0.39, 0.29) is 12.2 Å². The fraction of sp³-hybridized carbons (Fsp3) is 0.200. The van der Waals surface area contributed by atoms with Crippen LogP contribution in [0.2, 0.25) is 0 Å². The van der Waals surface area contributed by atoms with Crippen molar-refractivity contribution in [3.05, 3.63) is 82.6 Å². The Morgan fingerprint density at radius 3 is 2.89 bits per heavy atom. The zero-order valence-electron chi connectivity index (χ0n) is 15.4. The highest BCUT2D eigenvalue weighted by Gasteiger charge is 2.36. The summed E-state index contributed by atoms with van der Waals surface area (Å²) in [5, 5.41) is 3.57. The number of thioether (sulfide) groups is 1. The Balaban J connectivity index is 2.15. The number of esters is 1. The van der Waals surface area contributed by atoms with Crippen LogP contribution in [0.25, 0.3) is 0 Å². The van der Waals surface area contributed by atoms with Crippen LogP contribution in [-0.4, -0.2) is 33.3 Å². The van der Waals surface area contributed by atoms with E-state index >= 15 is 0 Å². The summed E-state index contributed by atoms with van der Waals surface area (Å²) in [7, 11) is 0. The van der Waals surface area contributed by atoms with Crippen LogP contribution in [0.1, 0.15) is 24.0 Å². The van der Waals surface area contributed by atoms with E-state index in [1.54, 1.807) is 31.5 Å². The van der Waals surface area contributed by atoms with Crippen molar-refractivity contribution in [3.8, 4) is 0 Å². The SMILES string of the molecule is C=CCOC(=O)C1=C(C)Nc2nc(SCC=C)[nH]c(=O)c2[C@@H]1c1cccnc1. The van der Waals surface area contributed by atoms with Crippen molar-refractivity contribution in [1.29, 1.82) is 0 Å². The maximum atomic E-state index is 12.9. The molecule has 144 valence electrons. The van der Waals surface area contributed by atoms with Crippen LogP contribution < -0.4 is 10.9 Å². The van der Waals surface area contributed by atoms with Gasteiger partial charge in [0.15, 0.2) is 5.16 Å². The molecule has 0 saturated heterocycles. The highest BCUT2D eigenvalue weighted by Crippen LogP contribution is 2.39. The van der Waals surface area contributed by atoms with Gasteiger partial charge in [0, 0.05) is 23.8 Å². The number of ether oxygens (including phenoxy) is 1. The standard InChI is InChI=1S/C20H20N4O3S/c1-4-9-27-19(26)14-12(3)22-17-16(15(14)13-7-6-8-21-11-13)18(25)24-20(23-17)28-10-5-2/h4-8,11,15H,1-2,9-10H2,3H3,(H2,22,23,24,25)/t15-/m1/s1. The van der Waals surface area contributed by atoms with Crippen molar-refractivity contribution in [3.63, 3.8) is 0 Å². The van der Waals surface area contributed by atoms with Gasteiger partial charge in [0.2, 0.25) is 0 Å². The molecule has 3 rings (SSSR count). The zero-order chi connectivity index (χ0) is 20.1. The van der Waals surface area contributed by atoms with Crippen molar-refractivity contribution in [2.24, 2.45) is 0 Å². The normalized spacial score (nSPS) is 15.4. The van der Waals surface area contributed by atoms with E-state index in [2.05, 4.69) is 33.4 Å². The smallest absolute Gasteiger partial charge is 0.337 e. The second-order valence-corrected chi connectivity index (χ2v) is 7.01. The number of anilines is 1. The number of aromatic amines is 1. The van der Waals surface area contributed by atoms with Gasteiger partial charge in [-0.1, -0.05) is 36.6 Å². The molecule has 0 aromatic carbocycles. The van der Waals surface area contributed by atoms with Gasteiger partial charge in [-0.25, -0.2) is 9.78 Å². The molecule has 1 aliphatic heterocycles. The quantitative estimate of drug-likeness (QED) is 0.321. The van der Waals surface area contributed by atoms with Crippen LogP contribution >= 0.6 is 11.8 Å². The van der Waals surface area contributed by atoms with Gasteiger partial charge in [0.25, 0.3) is 5.56 Å². The first-order chi connectivity index (χ1) is 13.6. The van der Waals surface area contributed by atoms with Crippen LogP contribution in [0, 0.1) is 0 Å². The predicted octanol–water partition coefficient (Wildman–Crippen LogP) is 3.00. The number of hydrogen-bond donors (Lipinski definition) is 2. The van der Waals surface area contributed by atoms with Crippen LogP contribution in [0.15, 0.2) is 71.1 Å². The predicted molar refractivity (Wildman–Crippen MR) is 109 cm³/mol. The lowest BCUT2D eigenvalue weighted by molar-refractivity contribution is -0.138. The number of nitrogens with zero attached hydrogens (tertiary/aromatic N) is 2. The molecule has 0 radical (unpaired) electrons. The molecule has 0 fully saturated rings. The number of hydrogen-bond acceptors (Lipinski definition) is 7. The van der Waals surface area contributed by atoms with Gasteiger partial charge in [-0.15, -0.1) is 6.58 Å². The minimum absolute atomic E-state index is 0.0773. The van der Waals surface area contributed by atoms with Gasteiger partial charge in [0.1, 0.15) is 12.4 Å². The number of nitrogens with one attached hydrogen (secondary N) is 2. The molecule has 2 aromatic rings. The van der Waals surface area contributed by atoms with Crippen LogP contribution in [-0.2, 0) is 9.53 Å². The molecule has 0 amide bonds. The Hall–Kier alpha value is -3.13. The average molecular weight is 396 g/mol. The second kappa shape index (κ2) is 8.71. The van der Waals surface area contributed by atoms with E-state index in [1.165, 1.54) is 17.8 Å². The molecular weight excluding hydrogens is 376 g/mol. The average Bonchev–Trinajstić information content (AvgIpc) is 2.70. The topological polar surface area (TPSA) is 97.0 Å². The van der Waals surface area contributed by atoms with Crippen LogP contribution in [0.3, 0.4) is 0 Å². The highest BCUT2D eigenvalue weighted by atomic mass is 32.2. The number of allylic oxidation sites excluding steroid dienone is 1. The van der Waals surface area contributed by atoms with Crippen molar-refractivity contribution in [2.45, 2.75) is 18.0 Å². The maximum Gasteiger partial charge on any atom is 0.337 e. The third-order valence-corrected chi connectivity index (χ3v) is 5.00. The number of carbonyl (C=O) groups is 1. The first kappa shape index (κ1) is 19.6. The number of rotatable bonds is 7. The number of aromatic nitrogens is 3. The lowest BCUT2D eigenvalue weighted by atomic mass is 9.83. The molecule has 0 saturated carbocycles. The van der Waals surface area contributed by atoms with Crippen molar-refractivity contribution < 1.29 is 9.53 Å². The maximum absolute atomic E-state index is 12.9. The van der Waals surface area contributed by atoms with Gasteiger partial charge in [-0.2, -0.15) is 0 Å². The minimum atomic E-state index is -0.642. The molecule has 0 bridgehead atoms. The first-order valence-corrected chi connectivity index (χ1v) is 9.59. The molecule has 0 spiro atoms. The Morgan fingerprint density at radius 2 is 2.21 bits per heavy atom. The van der Waals surface area contributed by atoms with E-state index in [0.717, 1.165) is 0 Å². The zero-order valence-corrected chi connectivity index (χ0v) is 16.2. The second-order valence-electron chi connectivity index (χ2n) is 6.00. The number of fused-ring (bicyclic) bond motifs is 1. The summed E-state index contributed by atoms with van der Waals surface area (Å²) in [4.78, 5) is 37.1. The summed E-state index contributed by atoms with van der Waals surface area (Å²) < 4.78 is 5.26. The molecule has 2 aromatic heterocycles. The summed E-state index contributed by atoms with van der Waals surface area (Å²) in [6.45, 7) is 9.08. The molecule has 0 aliphatic carbocycles. The minimum Gasteiger partial charge on any atom is -0.458 e. The summed E-state index contributed by atoms with van der Waals surface area (Å²) in [6, 6.07) is 3.58. The molecule has 1 aliphatic rings. The monoisotopic (exact) mass is 396 g/mol. The Bertz CT molecular complexity index is 998. The van der Waals surface area contributed by atoms with E-state index in [9.17, 15) is 9.59 Å². The van der Waals surface area contributed by atoms with Crippen molar-refractivity contribution in [1.82, 2.24) is 15.0 Å². The molecule has 2 N–H and O–H groups in total. The van der Waals surface area contributed by atoms with Gasteiger partial charge < -0.3 is 15.0 Å². The van der Waals surface area contributed by atoms with Gasteiger partial charge in [-0.3, -0.25) is 9.78 Å². The summed E-state index contributed by atoms with van der Waals surface area (Å²) >= 11 is 1.37.